The molecule has 0 bridgehead atoms. The first-order chi connectivity index (χ1) is 10.7. The van der Waals surface area contributed by atoms with Crippen molar-refractivity contribution in [2.75, 3.05) is 23.3 Å². The van der Waals surface area contributed by atoms with E-state index in [0.717, 1.165) is 29.1 Å². The van der Waals surface area contributed by atoms with Gasteiger partial charge in [-0.3, -0.25) is 4.79 Å². The van der Waals surface area contributed by atoms with Gasteiger partial charge in [0.05, 0.1) is 5.69 Å². The molecular formula is C17H18BrN3O. The largest absolute Gasteiger partial charge is 0.357 e. The van der Waals surface area contributed by atoms with E-state index in [-0.39, 0.29) is 5.91 Å². The first kappa shape index (κ1) is 15.0. The van der Waals surface area contributed by atoms with Gasteiger partial charge in [-0.2, -0.15) is 0 Å². The van der Waals surface area contributed by atoms with Crippen LogP contribution < -0.4 is 10.2 Å². The second-order valence-corrected chi connectivity index (χ2v) is 6.24. The Labute approximate surface area is 138 Å². The van der Waals surface area contributed by atoms with Crippen LogP contribution in [0.3, 0.4) is 0 Å². The normalized spacial score (nSPS) is 14.7. The van der Waals surface area contributed by atoms with Crippen LogP contribution in [-0.2, 0) is 0 Å². The fourth-order valence-corrected chi connectivity index (χ4v) is 3.00. The Kier molecular flexibility index (Phi) is 4.73. The minimum atomic E-state index is -0.118. The van der Waals surface area contributed by atoms with Crippen molar-refractivity contribution in [1.29, 1.82) is 0 Å². The van der Waals surface area contributed by atoms with Gasteiger partial charge in [0.1, 0.15) is 5.82 Å². The molecule has 1 aromatic carbocycles. The molecule has 22 heavy (non-hydrogen) atoms. The number of carbonyl (C=O) groups is 1. The highest BCUT2D eigenvalue weighted by Crippen LogP contribution is 2.23. The van der Waals surface area contributed by atoms with E-state index in [1.165, 1.54) is 19.3 Å². The number of aromatic nitrogens is 1. The van der Waals surface area contributed by atoms with Crippen LogP contribution in [-0.4, -0.2) is 24.0 Å². The lowest BCUT2D eigenvalue weighted by molar-refractivity contribution is 0.102. The maximum absolute atomic E-state index is 12.4. The van der Waals surface area contributed by atoms with Gasteiger partial charge in [-0.25, -0.2) is 4.98 Å². The summed E-state index contributed by atoms with van der Waals surface area (Å²) in [5.74, 6) is 0.770. The van der Waals surface area contributed by atoms with E-state index >= 15 is 0 Å². The molecule has 2 heterocycles. The van der Waals surface area contributed by atoms with Gasteiger partial charge < -0.3 is 10.2 Å². The average Bonchev–Trinajstić information content (AvgIpc) is 2.58. The third kappa shape index (κ3) is 3.47. The van der Waals surface area contributed by atoms with Gasteiger partial charge in [0.25, 0.3) is 5.91 Å². The summed E-state index contributed by atoms with van der Waals surface area (Å²) in [4.78, 5) is 19.1. The third-order valence-corrected chi connectivity index (χ3v) is 4.50. The van der Waals surface area contributed by atoms with Crippen molar-refractivity contribution in [2.24, 2.45) is 0 Å². The SMILES string of the molecule is O=C(Nc1ccccc1Br)c1ccnc(N2CCCCC2)c1. The van der Waals surface area contributed by atoms with E-state index in [1.54, 1.807) is 12.3 Å². The number of carbonyl (C=O) groups excluding carboxylic acids is 1. The summed E-state index contributed by atoms with van der Waals surface area (Å²) < 4.78 is 0.869. The Morgan fingerprint density at radius 3 is 2.68 bits per heavy atom. The Hall–Kier alpha value is -1.88. The Morgan fingerprint density at radius 1 is 1.14 bits per heavy atom. The molecule has 0 saturated carbocycles. The van der Waals surface area contributed by atoms with E-state index < -0.39 is 0 Å². The number of nitrogens with zero attached hydrogens (tertiary/aromatic N) is 2. The molecule has 4 nitrogen and oxygen atoms in total. The summed E-state index contributed by atoms with van der Waals surface area (Å²) >= 11 is 3.44. The van der Waals surface area contributed by atoms with Crippen LogP contribution in [0.4, 0.5) is 11.5 Å². The first-order valence-corrected chi connectivity index (χ1v) is 8.30. The molecule has 1 aromatic heterocycles. The number of hydrogen-bond acceptors (Lipinski definition) is 3. The number of rotatable bonds is 3. The predicted molar refractivity (Wildman–Crippen MR) is 92.4 cm³/mol. The van der Waals surface area contributed by atoms with Crippen molar-refractivity contribution in [3.8, 4) is 0 Å². The monoisotopic (exact) mass is 359 g/mol. The minimum Gasteiger partial charge on any atom is -0.357 e. The molecular weight excluding hydrogens is 342 g/mol. The molecule has 1 amide bonds. The molecule has 1 aliphatic rings. The quantitative estimate of drug-likeness (QED) is 0.897. The highest BCUT2D eigenvalue weighted by atomic mass is 79.9. The maximum atomic E-state index is 12.4. The van der Waals surface area contributed by atoms with Gasteiger partial charge in [-0.15, -0.1) is 0 Å². The topological polar surface area (TPSA) is 45.2 Å². The highest BCUT2D eigenvalue weighted by Gasteiger charge is 2.14. The van der Waals surface area contributed by atoms with Crippen molar-refractivity contribution in [2.45, 2.75) is 19.3 Å². The first-order valence-electron chi connectivity index (χ1n) is 7.51. The van der Waals surface area contributed by atoms with E-state index in [2.05, 4.69) is 31.1 Å². The van der Waals surface area contributed by atoms with E-state index in [4.69, 9.17) is 0 Å². The van der Waals surface area contributed by atoms with Gasteiger partial charge in [-0.05, 0) is 59.5 Å². The minimum absolute atomic E-state index is 0.118. The summed E-state index contributed by atoms with van der Waals surface area (Å²) in [6.07, 6.45) is 5.36. The van der Waals surface area contributed by atoms with Crippen LogP contribution in [0.25, 0.3) is 0 Å². The molecule has 0 aliphatic carbocycles. The molecule has 0 unspecified atom stereocenters. The highest BCUT2D eigenvalue weighted by molar-refractivity contribution is 9.10. The zero-order chi connectivity index (χ0) is 15.4. The molecule has 0 radical (unpaired) electrons. The molecule has 114 valence electrons. The van der Waals surface area contributed by atoms with E-state index in [0.29, 0.717) is 5.56 Å². The van der Waals surface area contributed by atoms with Gasteiger partial charge in [0.15, 0.2) is 0 Å². The summed E-state index contributed by atoms with van der Waals surface area (Å²) in [7, 11) is 0. The Balaban J connectivity index is 1.76. The van der Waals surface area contributed by atoms with Crippen LogP contribution in [0.2, 0.25) is 0 Å². The predicted octanol–water partition coefficient (Wildman–Crippen LogP) is 4.09. The van der Waals surface area contributed by atoms with Crippen LogP contribution in [0.5, 0.6) is 0 Å². The number of amides is 1. The average molecular weight is 360 g/mol. The smallest absolute Gasteiger partial charge is 0.255 e. The molecule has 1 saturated heterocycles. The Morgan fingerprint density at radius 2 is 1.91 bits per heavy atom. The summed E-state index contributed by atoms with van der Waals surface area (Å²) in [6, 6.07) is 11.2. The van der Waals surface area contributed by atoms with Gasteiger partial charge in [-0.1, -0.05) is 12.1 Å². The number of anilines is 2. The molecule has 2 aromatic rings. The lowest BCUT2D eigenvalue weighted by Crippen LogP contribution is -2.30. The van der Waals surface area contributed by atoms with Crippen LogP contribution >= 0.6 is 15.9 Å². The number of nitrogens with one attached hydrogen (secondary N) is 1. The molecule has 5 heteroatoms. The van der Waals surface area contributed by atoms with Crippen LogP contribution in [0, 0.1) is 0 Å². The zero-order valence-electron chi connectivity index (χ0n) is 12.3. The number of pyridine rings is 1. The number of piperidine rings is 1. The lowest BCUT2D eigenvalue weighted by atomic mass is 10.1. The third-order valence-electron chi connectivity index (χ3n) is 3.81. The maximum Gasteiger partial charge on any atom is 0.255 e. The summed E-state index contributed by atoms with van der Waals surface area (Å²) in [6.45, 7) is 2.03. The molecule has 0 atom stereocenters. The number of para-hydroxylation sites is 1. The molecule has 1 fully saturated rings. The fourth-order valence-electron chi connectivity index (χ4n) is 2.61. The number of halogens is 1. The summed E-state index contributed by atoms with van der Waals surface area (Å²) in [5.41, 5.74) is 1.40. The van der Waals surface area contributed by atoms with Crippen molar-refractivity contribution >= 4 is 33.3 Å². The van der Waals surface area contributed by atoms with Gasteiger partial charge in [0, 0.05) is 29.3 Å². The number of benzene rings is 1. The van der Waals surface area contributed by atoms with Crippen molar-refractivity contribution in [3.05, 3.63) is 52.6 Å². The zero-order valence-corrected chi connectivity index (χ0v) is 13.8. The number of hydrogen-bond donors (Lipinski definition) is 1. The lowest BCUT2D eigenvalue weighted by Gasteiger charge is -2.27. The standard InChI is InChI=1S/C17H18BrN3O/c18-14-6-2-3-7-15(14)20-17(22)13-8-9-19-16(12-13)21-10-4-1-5-11-21/h2-3,6-9,12H,1,4-5,10-11H2,(H,20,22). The van der Waals surface area contributed by atoms with Crippen molar-refractivity contribution in [3.63, 3.8) is 0 Å². The summed E-state index contributed by atoms with van der Waals surface area (Å²) in [5, 5.41) is 2.92. The van der Waals surface area contributed by atoms with Crippen molar-refractivity contribution in [1.82, 2.24) is 4.98 Å². The molecule has 3 rings (SSSR count). The van der Waals surface area contributed by atoms with Crippen molar-refractivity contribution < 1.29 is 4.79 Å². The van der Waals surface area contributed by atoms with Crippen LogP contribution in [0.15, 0.2) is 47.1 Å². The van der Waals surface area contributed by atoms with E-state index in [1.807, 2.05) is 30.3 Å². The Bertz CT molecular complexity index is 668. The van der Waals surface area contributed by atoms with Gasteiger partial charge >= 0.3 is 0 Å². The fraction of sp³-hybridized carbons (Fsp3) is 0.294. The van der Waals surface area contributed by atoms with Crippen LogP contribution in [0.1, 0.15) is 29.6 Å². The van der Waals surface area contributed by atoms with Gasteiger partial charge in [0.2, 0.25) is 0 Å². The second-order valence-electron chi connectivity index (χ2n) is 5.38. The molecule has 0 spiro atoms. The molecule has 1 aliphatic heterocycles. The van der Waals surface area contributed by atoms with E-state index in [9.17, 15) is 4.79 Å². The second kappa shape index (κ2) is 6.92. The molecule has 1 N–H and O–H groups in total.